The van der Waals surface area contributed by atoms with Crippen molar-refractivity contribution in [2.45, 2.75) is 44.3 Å². The molecule has 1 N–H and O–H groups in total. The van der Waals surface area contributed by atoms with Gasteiger partial charge in [-0.1, -0.05) is 25.6 Å². The van der Waals surface area contributed by atoms with Gasteiger partial charge in [0.25, 0.3) is 11.1 Å². The summed E-state index contributed by atoms with van der Waals surface area (Å²) in [6.45, 7) is 7.11. The van der Waals surface area contributed by atoms with Crippen LogP contribution in [0.3, 0.4) is 0 Å². The number of anilines is 1. The van der Waals surface area contributed by atoms with Crippen molar-refractivity contribution in [3.05, 3.63) is 65.8 Å². The second kappa shape index (κ2) is 10.4. The first-order chi connectivity index (χ1) is 15.2. The van der Waals surface area contributed by atoms with Crippen LogP contribution in [0.2, 0.25) is 0 Å². The predicted molar refractivity (Wildman–Crippen MR) is 119 cm³/mol. The molecule has 2 aromatic carbocycles. The first-order valence-electron chi connectivity index (χ1n) is 10.1. The van der Waals surface area contributed by atoms with Crippen molar-refractivity contribution in [1.29, 1.82) is 0 Å². The van der Waals surface area contributed by atoms with E-state index >= 15 is 0 Å². The number of ketones is 1. The number of nitrogens with one attached hydrogen (secondary N) is 1. The third-order valence-corrected chi connectivity index (χ3v) is 5.44. The number of halogens is 1. The number of ether oxygens (including phenoxy) is 1. The molecule has 0 fully saturated rings. The maximum absolute atomic E-state index is 13.0. The molecule has 0 unspecified atom stereocenters. The van der Waals surface area contributed by atoms with Gasteiger partial charge in [-0.3, -0.25) is 9.59 Å². The molecular formula is C23H24FN3O4S. The number of benzene rings is 2. The highest BCUT2D eigenvalue weighted by atomic mass is 32.2. The van der Waals surface area contributed by atoms with Crippen LogP contribution in [0.25, 0.3) is 0 Å². The predicted octanol–water partition coefficient (Wildman–Crippen LogP) is 5.31. The van der Waals surface area contributed by atoms with E-state index < -0.39 is 11.4 Å². The van der Waals surface area contributed by atoms with Crippen molar-refractivity contribution < 1.29 is 23.1 Å². The summed E-state index contributed by atoms with van der Waals surface area (Å²) in [5.74, 6) is 0.0560. The molecule has 7 nitrogen and oxygen atoms in total. The Morgan fingerprint density at radius 1 is 1.00 bits per heavy atom. The molecule has 0 saturated heterocycles. The Morgan fingerprint density at radius 3 is 2.28 bits per heavy atom. The van der Waals surface area contributed by atoms with Gasteiger partial charge in [0.05, 0.1) is 5.25 Å². The number of carbonyl (C=O) groups is 2. The Morgan fingerprint density at radius 2 is 1.66 bits per heavy atom. The zero-order valence-electron chi connectivity index (χ0n) is 18.2. The highest BCUT2D eigenvalue weighted by molar-refractivity contribution is 8.00. The van der Waals surface area contributed by atoms with Crippen LogP contribution >= 0.6 is 11.8 Å². The molecule has 1 heterocycles. The van der Waals surface area contributed by atoms with Crippen LogP contribution in [0, 0.1) is 11.7 Å². The minimum absolute atomic E-state index is 0.0853. The number of thioether (sulfide) groups is 1. The lowest BCUT2D eigenvalue weighted by Crippen LogP contribution is -2.18. The average molecular weight is 458 g/mol. The van der Waals surface area contributed by atoms with Gasteiger partial charge < -0.3 is 14.5 Å². The molecular weight excluding hydrogens is 433 g/mol. The van der Waals surface area contributed by atoms with E-state index in [0.29, 0.717) is 17.0 Å². The summed E-state index contributed by atoms with van der Waals surface area (Å²) < 4.78 is 24.3. The molecule has 0 saturated carbocycles. The minimum Gasteiger partial charge on any atom is -0.481 e. The van der Waals surface area contributed by atoms with Gasteiger partial charge in [0.15, 0.2) is 11.9 Å². The Labute approximate surface area is 189 Å². The van der Waals surface area contributed by atoms with Gasteiger partial charge in [-0.05, 0) is 62.4 Å². The minimum atomic E-state index is -0.540. The van der Waals surface area contributed by atoms with Crippen LogP contribution in [-0.4, -0.2) is 27.1 Å². The molecule has 0 aliphatic heterocycles. The molecule has 1 amide bonds. The monoisotopic (exact) mass is 457 g/mol. The van der Waals surface area contributed by atoms with E-state index in [0.717, 1.165) is 11.8 Å². The maximum atomic E-state index is 13.0. The van der Waals surface area contributed by atoms with Crippen LogP contribution in [0.5, 0.6) is 5.75 Å². The lowest BCUT2D eigenvalue weighted by molar-refractivity contribution is -0.118. The summed E-state index contributed by atoms with van der Waals surface area (Å²) in [6.07, 6.45) is -0.540. The molecule has 0 spiro atoms. The topological polar surface area (TPSA) is 94.3 Å². The molecule has 3 rings (SSSR count). The van der Waals surface area contributed by atoms with E-state index in [1.165, 1.54) is 24.3 Å². The third-order valence-electron chi connectivity index (χ3n) is 4.50. The smallest absolute Gasteiger partial charge is 0.277 e. The molecule has 0 radical (unpaired) electrons. The summed E-state index contributed by atoms with van der Waals surface area (Å²) in [5, 5.41) is 10.5. The zero-order chi connectivity index (χ0) is 23.3. The van der Waals surface area contributed by atoms with Gasteiger partial charge in [0.1, 0.15) is 11.6 Å². The Balaban J connectivity index is 1.58. The molecule has 2 atom stereocenters. The number of carbonyl (C=O) groups excluding carboxylic acids is 2. The Bertz CT molecular complexity index is 1070. The molecule has 0 bridgehead atoms. The lowest BCUT2D eigenvalue weighted by atomic mass is 10.1. The van der Waals surface area contributed by atoms with Crippen molar-refractivity contribution in [3.8, 4) is 5.75 Å². The Kier molecular flexibility index (Phi) is 7.63. The van der Waals surface area contributed by atoms with Crippen LogP contribution < -0.4 is 10.1 Å². The molecule has 9 heteroatoms. The largest absolute Gasteiger partial charge is 0.481 e. The number of nitrogens with zero attached hydrogens (tertiary/aromatic N) is 2. The van der Waals surface area contributed by atoms with E-state index in [4.69, 9.17) is 9.15 Å². The van der Waals surface area contributed by atoms with Gasteiger partial charge in [0.2, 0.25) is 5.91 Å². The lowest BCUT2D eigenvalue weighted by Gasteiger charge is -2.11. The molecule has 32 heavy (non-hydrogen) atoms. The number of rotatable bonds is 9. The van der Waals surface area contributed by atoms with E-state index in [-0.39, 0.29) is 34.5 Å². The summed E-state index contributed by atoms with van der Waals surface area (Å²) in [4.78, 5) is 24.5. The zero-order valence-corrected chi connectivity index (χ0v) is 19.0. The number of Topliss-reactive ketones (excluding diaryl/α,β-unsaturated/α-hetero) is 1. The molecule has 0 aliphatic rings. The Hall–Kier alpha value is -3.20. The van der Waals surface area contributed by atoms with Crippen molar-refractivity contribution >= 4 is 29.1 Å². The van der Waals surface area contributed by atoms with Gasteiger partial charge in [-0.25, -0.2) is 4.39 Å². The summed E-state index contributed by atoms with van der Waals surface area (Å²) >= 11 is 1.15. The normalized spacial score (nSPS) is 12.9. The van der Waals surface area contributed by atoms with E-state index in [1.54, 1.807) is 38.1 Å². The van der Waals surface area contributed by atoms with Gasteiger partial charge in [-0.2, -0.15) is 0 Å². The molecule has 0 aliphatic carbocycles. The summed E-state index contributed by atoms with van der Waals surface area (Å²) in [5.41, 5.74) is 1.15. The van der Waals surface area contributed by atoms with Crippen molar-refractivity contribution in [2.24, 2.45) is 5.92 Å². The van der Waals surface area contributed by atoms with Crippen molar-refractivity contribution in [1.82, 2.24) is 10.2 Å². The van der Waals surface area contributed by atoms with Crippen LogP contribution in [0.15, 0.2) is 58.2 Å². The molecule has 168 valence electrons. The molecule has 3 aromatic rings. The van der Waals surface area contributed by atoms with Crippen molar-refractivity contribution in [3.63, 3.8) is 0 Å². The maximum Gasteiger partial charge on any atom is 0.277 e. The van der Waals surface area contributed by atoms with Gasteiger partial charge >= 0.3 is 0 Å². The van der Waals surface area contributed by atoms with E-state index in [9.17, 15) is 14.0 Å². The van der Waals surface area contributed by atoms with Crippen molar-refractivity contribution in [2.75, 3.05) is 5.32 Å². The first-order valence-corrected chi connectivity index (χ1v) is 11.0. The summed E-state index contributed by atoms with van der Waals surface area (Å²) in [6, 6.07) is 12.4. The molecule has 1 aromatic heterocycles. The van der Waals surface area contributed by atoms with Crippen LogP contribution in [0.1, 0.15) is 50.0 Å². The number of hydrogen-bond donors (Lipinski definition) is 1. The number of aromatic nitrogens is 2. The van der Waals surface area contributed by atoms with Gasteiger partial charge in [-0.15, -0.1) is 10.2 Å². The van der Waals surface area contributed by atoms with E-state index in [2.05, 4.69) is 15.5 Å². The highest BCUT2D eigenvalue weighted by Crippen LogP contribution is 2.28. The van der Waals surface area contributed by atoms with Crippen LogP contribution in [0.4, 0.5) is 10.1 Å². The quantitative estimate of drug-likeness (QED) is 0.344. The fourth-order valence-electron chi connectivity index (χ4n) is 2.64. The second-order valence-corrected chi connectivity index (χ2v) is 8.76. The fourth-order valence-corrected chi connectivity index (χ4v) is 3.41. The SMILES string of the molecule is CC(C)C(=O)Nc1ccc(C(=O)[C@H](C)Sc2nnc([C@@H](C)Oc3ccc(F)cc3)o2)cc1. The van der Waals surface area contributed by atoms with Crippen LogP contribution in [-0.2, 0) is 4.79 Å². The standard InChI is InChI=1S/C23H24FN3O4S/c1-13(2)21(29)25-18-9-5-16(6-10-18)20(28)15(4)32-23-27-26-22(31-23)14(3)30-19-11-7-17(24)8-12-19/h5-15H,1-4H3,(H,25,29)/t14-,15+/m1/s1. The average Bonchev–Trinajstić information content (AvgIpc) is 3.24. The third kappa shape index (κ3) is 6.16. The van der Waals surface area contributed by atoms with Gasteiger partial charge in [0, 0.05) is 17.2 Å². The number of amides is 1. The second-order valence-electron chi connectivity index (χ2n) is 7.47. The summed E-state index contributed by atoms with van der Waals surface area (Å²) in [7, 11) is 0. The number of hydrogen-bond acceptors (Lipinski definition) is 7. The highest BCUT2D eigenvalue weighted by Gasteiger charge is 2.22. The first kappa shape index (κ1) is 23.5. The van der Waals surface area contributed by atoms with E-state index in [1.807, 2.05) is 13.8 Å². The fraction of sp³-hybridized carbons (Fsp3) is 0.304.